The molecule has 4 rings (SSSR count). The van der Waals surface area contributed by atoms with Gasteiger partial charge in [-0.2, -0.15) is 0 Å². The second kappa shape index (κ2) is 10.4. The summed E-state index contributed by atoms with van der Waals surface area (Å²) in [7, 11) is 0. The molecule has 12 nitrogen and oxygen atoms in total. The van der Waals surface area contributed by atoms with Crippen LogP contribution in [0.3, 0.4) is 0 Å². The smallest absolute Gasteiger partial charge is 0.330 e. The molecule has 0 bridgehead atoms. The first kappa shape index (κ1) is 25.3. The molecule has 0 unspecified atom stereocenters. The summed E-state index contributed by atoms with van der Waals surface area (Å²) in [6.07, 6.45) is 3.86. The number of nitrogens with one attached hydrogen (secondary N) is 2. The van der Waals surface area contributed by atoms with E-state index in [1.165, 1.54) is 21.5 Å². The zero-order valence-corrected chi connectivity index (χ0v) is 19.8. The highest BCUT2D eigenvalue weighted by atomic mass is 16.5. The fourth-order valence-corrected chi connectivity index (χ4v) is 4.95. The van der Waals surface area contributed by atoms with Crippen LogP contribution in [0.2, 0.25) is 0 Å². The molecule has 0 aromatic carbocycles. The Bertz CT molecular complexity index is 1280. The van der Waals surface area contributed by atoms with Gasteiger partial charge in [-0.1, -0.05) is 12.8 Å². The Morgan fingerprint density at radius 1 is 0.857 bits per heavy atom. The average Bonchev–Trinajstić information content (AvgIpc) is 3.39. The summed E-state index contributed by atoms with van der Waals surface area (Å²) in [5.74, 6) is 0.0361. The van der Waals surface area contributed by atoms with Crippen LogP contribution in [0.5, 0.6) is 0 Å². The van der Waals surface area contributed by atoms with E-state index in [4.69, 9.17) is 9.47 Å². The summed E-state index contributed by atoms with van der Waals surface area (Å²) in [5.41, 5.74) is -1.19. The lowest BCUT2D eigenvalue weighted by Crippen LogP contribution is -2.33. The molecule has 4 heterocycles. The van der Waals surface area contributed by atoms with E-state index < -0.39 is 53.3 Å². The number of aliphatic hydroxyl groups excluding tert-OH is 2. The Labute approximate surface area is 200 Å². The van der Waals surface area contributed by atoms with Crippen LogP contribution in [0.1, 0.15) is 62.1 Å². The molecule has 2 aliphatic rings. The predicted octanol–water partition coefficient (Wildman–Crippen LogP) is -0.192. The van der Waals surface area contributed by atoms with Crippen molar-refractivity contribution in [3.05, 3.63) is 65.2 Å². The molecule has 2 fully saturated rings. The number of aromatic amines is 2. The molecule has 192 valence electrons. The highest BCUT2D eigenvalue weighted by molar-refractivity contribution is 5.03. The largest absolute Gasteiger partial charge is 0.394 e. The standard InChI is InChI=1S/C23H32N4O8/c1-12-9-26(22(32)24-20(12)30)18-7-14(17(11-28)35-18)5-3-4-6-16-15(29)8-19(34-16)27-10-13(2)21(31)25-23(27)33/h9-10,14-19,28-29H,3-8,11H2,1-2H3,(H,24,30,32)(H,25,31,33)/t14-,15-,16+,17+,18+,19+/m0/s1. The van der Waals surface area contributed by atoms with Crippen LogP contribution in [-0.2, 0) is 9.47 Å². The zero-order valence-electron chi connectivity index (χ0n) is 19.8. The minimum Gasteiger partial charge on any atom is -0.394 e. The van der Waals surface area contributed by atoms with Crippen LogP contribution in [0.15, 0.2) is 31.6 Å². The van der Waals surface area contributed by atoms with Crippen LogP contribution < -0.4 is 22.5 Å². The Kier molecular flexibility index (Phi) is 7.55. The van der Waals surface area contributed by atoms with Gasteiger partial charge in [0.05, 0.1) is 24.9 Å². The second-order valence-corrected chi connectivity index (χ2v) is 9.48. The minimum absolute atomic E-state index is 0.0361. The lowest BCUT2D eigenvalue weighted by atomic mass is 9.93. The van der Waals surface area contributed by atoms with Crippen LogP contribution >= 0.6 is 0 Å². The first-order valence-electron chi connectivity index (χ1n) is 11.9. The van der Waals surface area contributed by atoms with Gasteiger partial charge >= 0.3 is 11.4 Å². The molecule has 35 heavy (non-hydrogen) atoms. The zero-order chi connectivity index (χ0) is 25.3. The van der Waals surface area contributed by atoms with E-state index in [1.54, 1.807) is 13.8 Å². The van der Waals surface area contributed by atoms with Crippen molar-refractivity contribution in [1.29, 1.82) is 0 Å². The summed E-state index contributed by atoms with van der Waals surface area (Å²) in [6, 6.07) is 0. The fourth-order valence-electron chi connectivity index (χ4n) is 4.95. The summed E-state index contributed by atoms with van der Waals surface area (Å²) < 4.78 is 14.5. The number of aromatic nitrogens is 4. The molecule has 2 aliphatic heterocycles. The van der Waals surface area contributed by atoms with Gasteiger partial charge < -0.3 is 19.7 Å². The average molecular weight is 493 g/mol. The van der Waals surface area contributed by atoms with Crippen molar-refractivity contribution < 1.29 is 19.7 Å². The van der Waals surface area contributed by atoms with E-state index in [1.807, 2.05) is 0 Å². The monoisotopic (exact) mass is 492 g/mol. The summed E-state index contributed by atoms with van der Waals surface area (Å²) in [4.78, 5) is 52.1. The van der Waals surface area contributed by atoms with Crippen molar-refractivity contribution in [2.24, 2.45) is 5.92 Å². The quantitative estimate of drug-likeness (QED) is 0.368. The predicted molar refractivity (Wildman–Crippen MR) is 124 cm³/mol. The van der Waals surface area contributed by atoms with Crippen molar-refractivity contribution in [2.75, 3.05) is 6.61 Å². The third-order valence-electron chi connectivity index (χ3n) is 6.97. The topological polar surface area (TPSA) is 169 Å². The maximum Gasteiger partial charge on any atom is 0.330 e. The van der Waals surface area contributed by atoms with E-state index >= 15 is 0 Å². The van der Waals surface area contributed by atoms with Gasteiger partial charge in [0, 0.05) is 29.9 Å². The molecule has 0 radical (unpaired) electrons. The third-order valence-corrected chi connectivity index (χ3v) is 6.97. The molecular formula is C23H32N4O8. The fraction of sp³-hybridized carbons (Fsp3) is 0.652. The first-order valence-corrected chi connectivity index (χ1v) is 11.9. The number of aliphatic hydroxyl groups is 2. The van der Waals surface area contributed by atoms with Crippen molar-refractivity contribution in [3.8, 4) is 0 Å². The number of unbranched alkanes of at least 4 members (excludes halogenated alkanes) is 1. The maximum absolute atomic E-state index is 12.2. The summed E-state index contributed by atoms with van der Waals surface area (Å²) in [6.45, 7) is 3.05. The number of aryl methyl sites for hydroxylation is 2. The molecule has 0 spiro atoms. The highest BCUT2D eigenvalue weighted by Crippen LogP contribution is 2.36. The summed E-state index contributed by atoms with van der Waals surface area (Å²) in [5, 5.41) is 20.2. The van der Waals surface area contributed by atoms with E-state index in [0.29, 0.717) is 24.0 Å². The first-order chi connectivity index (χ1) is 16.7. The lowest BCUT2D eigenvalue weighted by molar-refractivity contribution is -0.0341. The van der Waals surface area contributed by atoms with Gasteiger partial charge in [-0.3, -0.25) is 28.7 Å². The molecule has 12 heteroatoms. The molecule has 2 aromatic rings. The van der Waals surface area contributed by atoms with Crippen molar-refractivity contribution in [3.63, 3.8) is 0 Å². The molecule has 2 saturated heterocycles. The van der Waals surface area contributed by atoms with Gasteiger partial charge in [-0.25, -0.2) is 9.59 Å². The summed E-state index contributed by atoms with van der Waals surface area (Å²) >= 11 is 0. The Hall–Kier alpha value is -2.80. The Morgan fingerprint density at radius 3 is 1.94 bits per heavy atom. The second-order valence-electron chi connectivity index (χ2n) is 9.48. The molecule has 6 atom stereocenters. The number of hydrogen-bond acceptors (Lipinski definition) is 8. The molecule has 4 N–H and O–H groups in total. The van der Waals surface area contributed by atoms with Crippen molar-refractivity contribution in [2.45, 2.75) is 83.1 Å². The van der Waals surface area contributed by atoms with Gasteiger partial charge in [0.25, 0.3) is 11.1 Å². The van der Waals surface area contributed by atoms with Crippen LogP contribution in [0.25, 0.3) is 0 Å². The van der Waals surface area contributed by atoms with Gasteiger partial charge in [-0.05, 0) is 39.0 Å². The number of ether oxygens (including phenoxy) is 2. The SMILES string of the molecule is Cc1cn([C@H]2C[C@H](CCCC[C@H]3O[C@@H](n4cc(C)c(=O)[nH]c4=O)C[C@@H]3O)[C@@H](CO)O2)c(=O)[nH]c1=O. The van der Waals surface area contributed by atoms with Crippen LogP contribution in [0.4, 0.5) is 0 Å². The number of rotatable bonds is 8. The van der Waals surface area contributed by atoms with Gasteiger partial charge in [0.15, 0.2) is 0 Å². The normalized spacial score (nSPS) is 28.6. The van der Waals surface area contributed by atoms with Gasteiger partial charge in [-0.15, -0.1) is 0 Å². The highest BCUT2D eigenvalue weighted by Gasteiger charge is 2.37. The minimum atomic E-state index is -0.723. The number of H-pyrrole nitrogens is 2. The number of nitrogens with zero attached hydrogens (tertiary/aromatic N) is 2. The number of hydrogen-bond donors (Lipinski definition) is 4. The van der Waals surface area contributed by atoms with Crippen molar-refractivity contribution in [1.82, 2.24) is 19.1 Å². The van der Waals surface area contributed by atoms with Gasteiger partial charge in [0.2, 0.25) is 0 Å². The molecule has 0 amide bonds. The maximum atomic E-state index is 12.2. The molecule has 2 aromatic heterocycles. The van der Waals surface area contributed by atoms with Gasteiger partial charge in [0.1, 0.15) is 12.5 Å². The third kappa shape index (κ3) is 5.40. The van der Waals surface area contributed by atoms with Crippen LogP contribution in [0, 0.1) is 19.8 Å². The van der Waals surface area contributed by atoms with E-state index in [-0.39, 0.29) is 18.9 Å². The Morgan fingerprint density at radius 2 is 1.37 bits per heavy atom. The van der Waals surface area contributed by atoms with Crippen LogP contribution in [-0.4, -0.2) is 54.2 Å². The molecule has 0 saturated carbocycles. The van der Waals surface area contributed by atoms with E-state index in [0.717, 1.165) is 19.3 Å². The molecular weight excluding hydrogens is 460 g/mol. The van der Waals surface area contributed by atoms with Crippen molar-refractivity contribution >= 4 is 0 Å². The lowest BCUT2D eigenvalue weighted by Gasteiger charge is -2.18. The van der Waals surface area contributed by atoms with E-state index in [2.05, 4.69) is 9.97 Å². The Balaban J connectivity index is 1.30. The molecule has 0 aliphatic carbocycles. The van der Waals surface area contributed by atoms with E-state index in [9.17, 15) is 29.4 Å².